The lowest BCUT2D eigenvalue weighted by Gasteiger charge is -2.19. The Morgan fingerprint density at radius 1 is 1.14 bits per heavy atom. The van der Waals surface area contributed by atoms with Crippen molar-refractivity contribution in [2.75, 3.05) is 24.7 Å². The first-order valence-corrected chi connectivity index (χ1v) is 9.92. The Morgan fingerprint density at radius 2 is 1.89 bits per heavy atom. The van der Waals surface area contributed by atoms with Crippen molar-refractivity contribution in [1.29, 1.82) is 0 Å². The number of benzene rings is 2. The minimum absolute atomic E-state index is 0.314. The predicted molar refractivity (Wildman–Crippen MR) is 113 cm³/mol. The first-order valence-electron chi connectivity index (χ1n) is 9.54. The zero-order chi connectivity index (χ0) is 19.5. The number of carbonyl (C=O) groups excluding carboxylic acids is 1. The number of ether oxygens (including phenoxy) is 1. The molecular formula is C22H22ClN3O2. The number of esters is 1. The Bertz CT molecular complexity index is 1020. The van der Waals surface area contributed by atoms with E-state index in [1.807, 2.05) is 60.3 Å². The molecule has 0 aliphatic carbocycles. The van der Waals surface area contributed by atoms with Gasteiger partial charge in [0.15, 0.2) is 0 Å². The van der Waals surface area contributed by atoms with Gasteiger partial charge in [-0.25, -0.2) is 4.79 Å². The monoisotopic (exact) mass is 395 g/mol. The molecule has 1 saturated heterocycles. The number of carbonyl (C=O) groups is 1. The van der Waals surface area contributed by atoms with Crippen molar-refractivity contribution < 1.29 is 9.53 Å². The first-order chi connectivity index (χ1) is 13.7. The third-order valence-corrected chi connectivity index (χ3v) is 5.11. The normalized spacial score (nSPS) is 14.3. The van der Waals surface area contributed by atoms with Crippen LogP contribution in [0.25, 0.3) is 23.1 Å². The summed E-state index contributed by atoms with van der Waals surface area (Å²) in [5, 5.41) is 8.67. The van der Waals surface area contributed by atoms with E-state index < -0.39 is 0 Å². The van der Waals surface area contributed by atoms with E-state index in [4.69, 9.17) is 21.4 Å². The number of aromatic nitrogens is 2. The summed E-state index contributed by atoms with van der Waals surface area (Å²) in [6.45, 7) is 4.11. The van der Waals surface area contributed by atoms with Gasteiger partial charge in [0.2, 0.25) is 0 Å². The molecule has 0 bridgehead atoms. The van der Waals surface area contributed by atoms with Crippen LogP contribution >= 0.6 is 11.6 Å². The van der Waals surface area contributed by atoms with Crippen LogP contribution in [0.4, 0.5) is 0 Å². The number of fused-ring (bicyclic) bond motifs is 1. The number of nitrogens with zero attached hydrogens (tertiary/aromatic N) is 3. The highest BCUT2D eigenvalue weighted by atomic mass is 35.5. The van der Waals surface area contributed by atoms with Crippen molar-refractivity contribution in [2.45, 2.75) is 19.8 Å². The molecule has 0 saturated carbocycles. The van der Waals surface area contributed by atoms with Gasteiger partial charge in [-0.15, -0.1) is 0 Å². The number of halogens is 1. The number of rotatable bonds is 5. The van der Waals surface area contributed by atoms with Gasteiger partial charge in [0.1, 0.15) is 0 Å². The fraction of sp³-hybridized carbons (Fsp3) is 0.273. The summed E-state index contributed by atoms with van der Waals surface area (Å²) in [6, 6.07) is 13.2. The van der Waals surface area contributed by atoms with E-state index in [1.165, 1.54) is 0 Å². The van der Waals surface area contributed by atoms with E-state index in [0.29, 0.717) is 17.2 Å². The van der Waals surface area contributed by atoms with Crippen molar-refractivity contribution in [3.63, 3.8) is 0 Å². The van der Waals surface area contributed by atoms with E-state index >= 15 is 0 Å². The van der Waals surface area contributed by atoms with Crippen LogP contribution in [0.15, 0.2) is 42.5 Å². The molecule has 1 fully saturated rings. The minimum Gasteiger partial charge on any atom is -0.462 e. The van der Waals surface area contributed by atoms with Crippen LogP contribution in [0.2, 0.25) is 5.02 Å². The van der Waals surface area contributed by atoms with Crippen LogP contribution in [0, 0.1) is 0 Å². The largest absolute Gasteiger partial charge is 0.462 e. The van der Waals surface area contributed by atoms with Crippen molar-refractivity contribution in [3.05, 3.63) is 64.3 Å². The molecule has 0 amide bonds. The van der Waals surface area contributed by atoms with E-state index in [0.717, 1.165) is 48.1 Å². The van der Waals surface area contributed by atoms with Gasteiger partial charge < -0.3 is 4.74 Å². The van der Waals surface area contributed by atoms with Crippen LogP contribution in [-0.2, 0) is 4.74 Å². The van der Waals surface area contributed by atoms with E-state index in [2.05, 4.69) is 5.01 Å². The van der Waals surface area contributed by atoms with Crippen LogP contribution < -0.4 is 5.01 Å². The SMILES string of the molecule is CCOC(=O)c1ccc2nn(N3CCCC3)c(/C=C/c3ccc(Cl)cc3)c2c1. The molecule has 6 heteroatoms. The van der Waals surface area contributed by atoms with Gasteiger partial charge in [0.05, 0.1) is 23.4 Å². The Hall–Kier alpha value is -2.79. The smallest absolute Gasteiger partial charge is 0.338 e. The number of hydrogen-bond donors (Lipinski definition) is 0. The highest BCUT2D eigenvalue weighted by Gasteiger charge is 2.19. The minimum atomic E-state index is -0.314. The molecule has 0 unspecified atom stereocenters. The second kappa shape index (κ2) is 8.07. The molecule has 3 aromatic rings. The Labute approximate surface area is 169 Å². The summed E-state index contributed by atoms with van der Waals surface area (Å²) in [4.78, 5) is 14.2. The summed E-state index contributed by atoms with van der Waals surface area (Å²) >= 11 is 5.98. The maximum absolute atomic E-state index is 12.2. The summed E-state index contributed by atoms with van der Waals surface area (Å²) in [5.74, 6) is -0.314. The van der Waals surface area contributed by atoms with Gasteiger partial charge in [0.25, 0.3) is 0 Å². The van der Waals surface area contributed by atoms with Crippen molar-refractivity contribution >= 4 is 40.6 Å². The van der Waals surface area contributed by atoms with Crippen LogP contribution in [0.3, 0.4) is 0 Å². The van der Waals surface area contributed by atoms with Crippen molar-refractivity contribution in [1.82, 2.24) is 9.89 Å². The van der Waals surface area contributed by atoms with Gasteiger partial charge in [-0.05, 0) is 61.7 Å². The maximum Gasteiger partial charge on any atom is 0.338 e. The van der Waals surface area contributed by atoms with Crippen LogP contribution in [-0.4, -0.2) is 35.6 Å². The maximum atomic E-state index is 12.2. The second-order valence-electron chi connectivity index (χ2n) is 6.77. The average molecular weight is 396 g/mol. The Balaban J connectivity index is 1.79. The lowest BCUT2D eigenvalue weighted by molar-refractivity contribution is 0.0526. The molecule has 0 atom stereocenters. The Kier molecular flexibility index (Phi) is 5.35. The van der Waals surface area contributed by atoms with Gasteiger partial charge in [0, 0.05) is 23.5 Å². The van der Waals surface area contributed by atoms with Crippen LogP contribution in [0.5, 0.6) is 0 Å². The average Bonchev–Trinajstić information content (AvgIpc) is 3.35. The van der Waals surface area contributed by atoms with E-state index in [9.17, 15) is 4.79 Å². The van der Waals surface area contributed by atoms with E-state index in [-0.39, 0.29) is 5.97 Å². The van der Waals surface area contributed by atoms with Crippen molar-refractivity contribution in [2.24, 2.45) is 0 Å². The van der Waals surface area contributed by atoms with Crippen LogP contribution in [0.1, 0.15) is 41.4 Å². The third kappa shape index (κ3) is 3.76. The molecule has 1 aliphatic rings. The lowest BCUT2D eigenvalue weighted by Crippen LogP contribution is -2.33. The third-order valence-electron chi connectivity index (χ3n) is 4.86. The molecule has 0 spiro atoms. The molecule has 5 nitrogen and oxygen atoms in total. The number of hydrogen-bond acceptors (Lipinski definition) is 4. The topological polar surface area (TPSA) is 47.4 Å². The molecule has 1 aliphatic heterocycles. The summed E-state index contributed by atoms with van der Waals surface area (Å²) in [5.41, 5.74) is 3.40. The highest BCUT2D eigenvalue weighted by Crippen LogP contribution is 2.24. The molecule has 2 heterocycles. The van der Waals surface area contributed by atoms with E-state index in [1.54, 1.807) is 6.07 Å². The molecule has 4 rings (SSSR count). The van der Waals surface area contributed by atoms with Gasteiger partial charge in [-0.3, -0.25) is 5.01 Å². The zero-order valence-electron chi connectivity index (χ0n) is 15.8. The quantitative estimate of drug-likeness (QED) is 0.584. The van der Waals surface area contributed by atoms with Gasteiger partial charge >= 0.3 is 5.97 Å². The molecule has 28 heavy (non-hydrogen) atoms. The molecule has 1 aromatic heterocycles. The summed E-state index contributed by atoms with van der Waals surface area (Å²) in [7, 11) is 0. The molecule has 2 aromatic carbocycles. The van der Waals surface area contributed by atoms with Gasteiger partial charge in [-0.2, -0.15) is 9.89 Å². The van der Waals surface area contributed by atoms with Crippen molar-refractivity contribution in [3.8, 4) is 0 Å². The zero-order valence-corrected chi connectivity index (χ0v) is 16.5. The molecule has 144 valence electrons. The first kappa shape index (κ1) is 18.6. The summed E-state index contributed by atoms with van der Waals surface area (Å²) < 4.78 is 5.16. The second-order valence-corrected chi connectivity index (χ2v) is 7.21. The lowest BCUT2D eigenvalue weighted by atomic mass is 10.1. The Morgan fingerprint density at radius 3 is 2.61 bits per heavy atom. The fourth-order valence-electron chi connectivity index (χ4n) is 3.44. The molecular weight excluding hydrogens is 374 g/mol. The molecule has 0 radical (unpaired) electrons. The fourth-order valence-corrected chi connectivity index (χ4v) is 3.57. The standard InChI is InChI=1S/C22H22ClN3O2/c1-2-28-22(27)17-8-11-20-19(15-17)21(26(24-20)25-13-3-4-14-25)12-7-16-5-9-18(23)10-6-16/h5-12,15H,2-4,13-14H2,1H3/b12-7+. The molecule has 0 N–H and O–H groups in total. The highest BCUT2D eigenvalue weighted by molar-refractivity contribution is 6.30. The van der Waals surface area contributed by atoms with Gasteiger partial charge in [-0.1, -0.05) is 29.8 Å². The predicted octanol–water partition coefficient (Wildman–Crippen LogP) is 4.77. The summed E-state index contributed by atoms with van der Waals surface area (Å²) in [6.07, 6.45) is 6.40.